The maximum atomic E-state index is 2.64. The van der Waals surface area contributed by atoms with Crippen LogP contribution in [0.25, 0.3) is 0 Å². The largest absolute Gasteiger partial charge is 0.0625 e. The molecule has 112 valence electrons. The van der Waals surface area contributed by atoms with Crippen LogP contribution in [-0.4, -0.2) is 0 Å². The molecule has 0 radical (unpaired) electrons. The molecule has 0 aliphatic heterocycles. The van der Waals surface area contributed by atoms with E-state index in [1.165, 1.54) is 32.1 Å². The van der Waals surface area contributed by atoms with Gasteiger partial charge in [-0.2, -0.15) is 0 Å². The zero-order valence-electron chi connectivity index (χ0n) is 14.4. The minimum Gasteiger partial charge on any atom is -0.0625 e. The van der Waals surface area contributed by atoms with Gasteiger partial charge >= 0.3 is 0 Å². The zero-order valence-corrected chi connectivity index (χ0v) is 14.4. The molecule has 2 saturated carbocycles. The predicted molar refractivity (Wildman–Crippen MR) is 85.1 cm³/mol. The first kappa shape index (κ1) is 15.4. The summed E-state index contributed by atoms with van der Waals surface area (Å²) in [5.41, 5.74) is 1.32. The highest BCUT2D eigenvalue weighted by atomic mass is 14.7. The zero-order chi connectivity index (χ0) is 14.4. The third kappa shape index (κ3) is 2.49. The van der Waals surface area contributed by atoms with E-state index in [0.717, 1.165) is 29.6 Å². The molecule has 6 atom stereocenters. The van der Waals surface area contributed by atoms with Gasteiger partial charge < -0.3 is 0 Å². The molecule has 0 amide bonds. The van der Waals surface area contributed by atoms with Crippen LogP contribution in [0.1, 0.15) is 80.6 Å². The van der Waals surface area contributed by atoms with E-state index >= 15 is 0 Å². The molecule has 6 unspecified atom stereocenters. The normalized spacial score (nSPS) is 47.7. The topological polar surface area (TPSA) is 0 Å². The Balaban J connectivity index is 2.10. The smallest absolute Gasteiger partial charge is 0.0210 e. The summed E-state index contributed by atoms with van der Waals surface area (Å²) in [6, 6.07) is 0. The molecular weight excluding hydrogens is 228 g/mol. The summed E-state index contributed by atoms with van der Waals surface area (Å²) in [4.78, 5) is 0. The first-order valence-corrected chi connectivity index (χ1v) is 8.73. The van der Waals surface area contributed by atoms with Crippen molar-refractivity contribution < 1.29 is 0 Å². The molecule has 0 aromatic heterocycles. The predicted octanol–water partition coefficient (Wildman–Crippen LogP) is 6.16. The maximum absolute atomic E-state index is 2.64. The van der Waals surface area contributed by atoms with Crippen molar-refractivity contribution in [3.05, 3.63) is 0 Å². The minimum atomic E-state index is 0.613. The lowest BCUT2D eigenvalue weighted by molar-refractivity contribution is -0.0170. The van der Waals surface area contributed by atoms with Gasteiger partial charge in [0.05, 0.1) is 0 Å². The van der Waals surface area contributed by atoms with Crippen LogP contribution in [-0.2, 0) is 0 Å². The first-order valence-electron chi connectivity index (χ1n) is 8.73. The van der Waals surface area contributed by atoms with Crippen LogP contribution in [0.2, 0.25) is 0 Å². The van der Waals surface area contributed by atoms with Gasteiger partial charge in [0.25, 0.3) is 0 Å². The van der Waals surface area contributed by atoms with E-state index in [4.69, 9.17) is 0 Å². The Morgan fingerprint density at radius 3 is 2.05 bits per heavy atom. The van der Waals surface area contributed by atoms with E-state index in [2.05, 4.69) is 48.5 Å². The van der Waals surface area contributed by atoms with Crippen LogP contribution in [0, 0.1) is 40.4 Å². The Morgan fingerprint density at radius 1 is 1.00 bits per heavy atom. The lowest BCUT2D eigenvalue weighted by Gasteiger charge is -2.51. The molecule has 1 spiro atoms. The monoisotopic (exact) mass is 264 g/mol. The van der Waals surface area contributed by atoms with Crippen LogP contribution >= 0.6 is 0 Å². The molecule has 19 heavy (non-hydrogen) atoms. The Kier molecular flexibility index (Phi) is 4.11. The quantitative estimate of drug-likeness (QED) is 0.570. The van der Waals surface area contributed by atoms with Crippen molar-refractivity contribution in [2.45, 2.75) is 80.6 Å². The molecule has 0 nitrogen and oxygen atoms in total. The molecule has 2 fully saturated rings. The van der Waals surface area contributed by atoms with E-state index in [1.807, 2.05) is 0 Å². The molecule has 0 aromatic rings. The Hall–Kier alpha value is 0. The van der Waals surface area contributed by atoms with Gasteiger partial charge in [-0.05, 0) is 72.5 Å². The highest BCUT2D eigenvalue weighted by molar-refractivity contribution is 5.14. The van der Waals surface area contributed by atoms with E-state index < -0.39 is 0 Å². The molecule has 0 bridgehead atoms. The third-order valence-corrected chi connectivity index (χ3v) is 7.40. The average molecular weight is 264 g/mol. The lowest BCUT2D eigenvalue weighted by Crippen LogP contribution is -2.43. The molecule has 0 N–H and O–H groups in total. The van der Waals surface area contributed by atoms with Gasteiger partial charge in [-0.3, -0.25) is 0 Å². The average Bonchev–Trinajstić information content (AvgIpc) is 2.95. The van der Waals surface area contributed by atoms with Gasteiger partial charge in [-0.25, -0.2) is 0 Å². The van der Waals surface area contributed by atoms with Gasteiger partial charge in [0.2, 0.25) is 0 Å². The number of hydrogen-bond acceptors (Lipinski definition) is 0. The van der Waals surface area contributed by atoms with Crippen LogP contribution < -0.4 is 0 Å². The fourth-order valence-corrected chi connectivity index (χ4v) is 5.22. The van der Waals surface area contributed by atoms with Gasteiger partial charge in [-0.15, -0.1) is 0 Å². The minimum absolute atomic E-state index is 0.613. The number of hydrogen-bond donors (Lipinski definition) is 0. The Bertz CT molecular complexity index is 318. The van der Waals surface area contributed by atoms with Gasteiger partial charge in [0, 0.05) is 0 Å². The molecule has 2 rings (SSSR count). The van der Waals surface area contributed by atoms with Crippen molar-refractivity contribution in [2.24, 2.45) is 40.4 Å². The highest BCUT2D eigenvalue weighted by Crippen LogP contribution is 2.73. The van der Waals surface area contributed by atoms with Crippen molar-refractivity contribution in [3.8, 4) is 0 Å². The SMILES string of the molecule is CC1CC(C)C(C)(CCC(C)C(C)C)C2(C1)CC2C. The van der Waals surface area contributed by atoms with Crippen molar-refractivity contribution in [3.63, 3.8) is 0 Å². The van der Waals surface area contributed by atoms with Crippen LogP contribution in [0.3, 0.4) is 0 Å². The fourth-order valence-electron chi connectivity index (χ4n) is 5.22. The Labute approximate surface area is 121 Å². The van der Waals surface area contributed by atoms with Crippen molar-refractivity contribution >= 4 is 0 Å². The molecular formula is C19H36. The molecule has 2 aliphatic carbocycles. The van der Waals surface area contributed by atoms with Crippen LogP contribution in [0.4, 0.5) is 0 Å². The summed E-state index contributed by atoms with van der Waals surface area (Å²) >= 11 is 0. The van der Waals surface area contributed by atoms with Gasteiger partial charge in [0.15, 0.2) is 0 Å². The molecule has 0 saturated heterocycles. The lowest BCUT2D eigenvalue weighted by atomic mass is 9.54. The van der Waals surface area contributed by atoms with Crippen LogP contribution in [0.5, 0.6) is 0 Å². The van der Waals surface area contributed by atoms with E-state index in [0.29, 0.717) is 10.8 Å². The van der Waals surface area contributed by atoms with Crippen molar-refractivity contribution in [1.82, 2.24) is 0 Å². The molecule has 0 aromatic carbocycles. The standard InChI is InChI=1S/C19H36/c1-13(2)15(4)8-9-18(7)16(5)10-14(3)11-19(18)12-17(19)6/h13-17H,8-12H2,1-7H3. The second-order valence-corrected chi connectivity index (χ2v) is 8.88. The van der Waals surface area contributed by atoms with Crippen LogP contribution in [0.15, 0.2) is 0 Å². The first-order chi connectivity index (χ1) is 8.73. The molecule has 0 heteroatoms. The van der Waals surface area contributed by atoms with Crippen molar-refractivity contribution in [2.75, 3.05) is 0 Å². The summed E-state index contributed by atoms with van der Waals surface area (Å²) in [5, 5.41) is 0. The van der Waals surface area contributed by atoms with Crippen molar-refractivity contribution in [1.29, 1.82) is 0 Å². The summed E-state index contributed by atoms with van der Waals surface area (Å²) < 4.78 is 0. The fraction of sp³-hybridized carbons (Fsp3) is 1.00. The third-order valence-electron chi connectivity index (χ3n) is 7.40. The van der Waals surface area contributed by atoms with Gasteiger partial charge in [-0.1, -0.05) is 48.5 Å². The summed E-state index contributed by atoms with van der Waals surface area (Å²) in [6.07, 6.45) is 7.37. The molecule has 2 aliphatic rings. The maximum Gasteiger partial charge on any atom is -0.0210 e. The summed E-state index contributed by atoms with van der Waals surface area (Å²) in [6.45, 7) is 17.4. The van der Waals surface area contributed by atoms with Gasteiger partial charge in [0.1, 0.15) is 0 Å². The van der Waals surface area contributed by atoms with E-state index in [-0.39, 0.29) is 0 Å². The number of rotatable bonds is 4. The second kappa shape index (κ2) is 5.08. The summed E-state index contributed by atoms with van der Waals surface area (Å²) in [5.74, 6) is 4.58. The Morgan fingerprint density at radius 2 is 1.58 bits per heavy atom. The van der Waals surface area contributed by atoms with E-state index in [9.17, 15) is 0 Å². The highest BCUT2D eigenvalue weighted by Gasteiger charge is 2.65. The molecule has 0 heterocycles. The summed E-state index contributed by atoms with van der Waals surface area (Å²) in [7, 11) is 0. The second-order valence-electron chi connectivity index (χ2n) is 8.88. The van der Waals surface area contributed by atoms with E-state index in [1.54, 1.807) is 0 Å².